The molecule has 1 atom stereocenters. The van der Waals surface area contributed by atoms with Crippen molar-refractivity contribution in [3.8, 4) is 16.8 Å². The lowest BCUT2D eigenvalue weighted by atomic mass is 9.86. The molecule has 0 saturated carbocycles. The van der Waals surface area contributed by atoms with E-state index < -0.39 is 29.8 Å². The Hall–Kier alpha value is -6.28. The fraction of sp³-hybridized carbons (Fsp3) is 0.0909. The maximum atomic E-state index is 15.3. The van der Waals surface area contributed by atoms with Crippen molar-refractivity contribution in [2.45, 2.75) is 12.5 Å². The Balaban J connectivity index is 1.28. The fourth-order valence-corrected chi connectivity index (χ4v) is 6.05. The highest BCUT2D eigenvalue weighted by molar-refractivity contribution is 6.31. The SMILES string of the molecule is O=C(Nc1ccc2cnn(C(=O)O)c2c1)C1c2cccc(-c3ccncc3)c2CCN1C(=O)/C=C/c1c(-n2cnnn2)ccc(Cl)c1F. The standard InChI is InChI=1S/C33H23ClFN9O4/c34-26-7-8-27(43-18-37-40-41-43)25(30(26)35)6-9-29(45)42-15-12-23-22(19-10-13-36-14-11-19)2-1-3-24(23)31(42)32(46)39-21-5-4-20-17-38-44(33(47)48)28(20)16-21/h1-11,13-14,16-18,31H,12,15H2,(H,39,46)(H,47,48)/b9-6+. The van der Waals surface area contributed by atoms with Gasteiger partial charge in [0.05, 0.1) is 22.4 Å². The molecule has 2 N–H and O–H groups in total. The van der Waals surface area contributed by atoms with Crippen LogP contribution in [0.3, 0.4) is 0 Å². The van der Waals surface area contributed by atoms with Crippen LogP contribution in [0, 0.1) is 5.82 Å². The number of pyridine rings is 1. The lowest BCUT2D eigenvalue weighted by molar-refractivity contribution is -0.135. The van der Waals surface area contributed by atoms with E-state index in [1.807, 2.05) is 24.3 Å². The van der Waals surface area contributed by atoms with Crippen LogP contribution in [0.4, 0.5) is 14.9 Å². The average molecular weight is 664 g/mol. The van der Waals surface area contributed by atoms with Crippen molar-refractivity contribution in [2.24, 2.45) is 0 Å². The summed E-state index contributed by atoms with van der Waals surface area (Å²) in [6.45, 7) is 0.166. The van der Waals surface area contributed by atoms with Crippen LogP contribution in [-0.4, -0.2) is 69.4 Å². The molecule has 1 aliphatic heterocycles. The molecule has 0 bridgehead atoms. The molecule has 0 spiro atoms. The second-order valence-electron chi connectivity index (χ2n) is 10.8. The van der Waals surface area contributed by atoms with Gasteiger partial charge in [0, 0.05) is 41.7 Å². The van der Waals surface area contributed by atoms with E-state index in [4.69, 9.17) is 11.6 Å². The van der Waals surface area contributed by atoms with Crippen LogP contribution in [0.2, 0.25) is 5.02 Å². The zero-order valence-electron chi connectivity index (χ0n) is 24.7. The van der Waals surface area contributed by atoms with Gasteiger partial charge in [-0.25, -0.2) is 9.18 Å². The first-order valence-corrected chi connectivity index (χ1v) is 14.9. The van der Waals surface area contributed by atoms with Gasteiger partial charge in [-0.05, 0) is 87.6 Å². The molecule has 48 heavy (non-hydrogen) atoms. The van der Waals surface area contributed by atoms with Crippen LogP contribution in [0.1, 0.15) is 22.7 Å². The number of aromatic nitrogens is 7. The van der Waals surface area contributed by atoms with Gasteiger partial charge in [0.25, 0.3) is 5.91 Å². The number of anilines is 1. The Kier molecular flexibility index (Phi) is 7.90. The minimum absolute atomic E-state index is 0.0233. The summed E-state index contributed by atoms with van der Waals surface area (Å²) in [7, 11) is 0. The van der Waals surface area contributed by atoms with Gasteiger partial charge in [-0.15, -0.1) is 5.10 Å². The first-order chi connectivity index (χ1) is 23.3. The van der Waals surface area contributed by atoms with Crippen molar-refractivity contribution in [1.29, 1.82) is 0 Å². The largest absolute Gasteiger partial charge is 0.463 e. The number of carboxylic acid groups (broad SMARTS) is 1. The van der Waals surface area contributed by atoms with E-state index in [-0.39, 0.29) is 28.3 Å². The molecule has 3 aromatic heterocycles. The van der Waals surface area contributed by atoms with Crippen molar-refractivity contribution in [2.75, 3.05) is 11.9 Å². The summed E-state index contributed by atoms with van der Waals surface area (Å²) in [5.74, 6) is -1.87. The van der Waals surface area contributed by atoms with Crippen molar-refractivity contribution >= 4 is 52.2 Å². The van der Waals surface area contributed by atoms with Gasteiger partial charge in [-0.2, -0.15) is 14.5 Å². The van der Waals surface area contributed by atoms with Crippen LogP contribution >= 0.6 is 11.6 Å². The first kappa shape index (κ1) is 30.4. The van der Waals surface area contributed by atoms with Crippen molar-refractivity contribution in [3.63, 3.8) is 0 Å². The molecule has 0 radical (unpaired) electrons. The van der Waals surface area contributed by atoms with E-state index in [1.165, 1.54) is 52.5 Å². The molecule has 1 unspecified atom stereocenters. The van der Waals surface area contributed by atoms with Gasteiger partial charge in [-0.1, -0.05) is 29.8 Å². The van der Waals surface area contributed by atoms with Crippen molar-refractivity contribution < 1.29 is 23.9 Å². The summed E-state index contributed by atoms with van der Waals surface area (Å²) in [6.07, 6.45) is 7.66. The summed E-state index contributed by atoms with van der Waals surface area (Å²) in [4.78, 5) is 45.3. The Morgan fingerprint density at radius 2 is 1.90 bits per heavy atom. The van der Waals surface area contributed by atoms with Gasteiger partial charge in [0.1, 0.15) is 12.4 Å². The normalized spacial score (nSPS) is 14.3. The van der Waals surface area contributed by atoms with E-state index in [0.29, 0.717) is 23.1 Å². The van der Waals surface area contributed by atoms with Crippen LogP contribution in [0.15, 0.2) is 91.7 Å². The Morgan fingerprint density at radius 1 is 1.06 bits per heavy atom. The van der Waals surface area contributed by atoms with E-state index in [1.54, 1.807) is 30.6 Å². The predicted molar refractivity (Wildman–Crippen MR) is 173 cm³/mol. The number of nitrogens with one attached hydrogen (secondary N) is 1. The third kappa shape index (κ3) is 5.54. The molecule has 0 saturated heterocycles. The van der Waals surface area contributed by atoms with Crippen LogP contribution in [-0.2, 0) is 16.0 Å². The van der Waals surface area contributed by atoms with Gasteiger partial charge < -0.3 is 15.3 Å². The number of rotatable bonds is 6. The number of benzene rings is 3. The zero-order chi connectivity index (χ0) is 33.4. The topological polar surface area (TPSA) is 161 Å². The maximum absolute atomic E-state index is 15.3. The number of hydrogen-bond donors (Lipinski definition) is 2. The highest BCUT2D eigenvalue weighted by Crippen LogP contribution is 2.37. The average Bonchev–Trinajstić information content (AvgIpc) is 3.79. The highest BCUT2D eigenvalue weighted by Gasteiger charge is 2.36. The van der Waals surface area contributed by atoms with E-state index in [9.17, 15) is 19.5 Å². The summed E-state index contributed by atoms with van der Waals surface area (Å²) in [5, 5.41) is 27.7. The summed E-state index contributed by atoms with van der Waals surface area (Å²) in [6, 6.07) is 15.8. The number of fused-ring (bicyclic) bond motifs is 2. The monoisotopic (exact) mass is 663 g/mol. The fourth-order valence-electron chi connectivity index (χ4n) is 5.89. The Labute approximate surface area is 275 Å². The molecule has 0 fully saturated rings. The minimum atomic E-state index is -1.28. The number of nitrogens with zero attached hydrogens (tertiary/aromatic N) is 8. The summed E-state index contributed by atoms with van der Waals surface area (Å²) >= 11 is 6.07. The molecule has 6 aromatic rings. The molecule has 238 valence electrons. The van der Waals surface area contributed by atoms with E-state index >= 15 is 4.39 Å². The summed E-state index contributed by atoms with van der Waals surface area (Å²) < 4.78 is 17.3. The molecule has 1 aliphatic rings. The maximum Gasteiger partial charge on any atom is 0.432 e. The van der Waals surface area contributed by atoms with Crippen LogP contribution < -0.4 is 5.32 Å². The second-order valence-corrected chi connectivity index (χ2v) is 11.2. The molecule has 13 nitrogen and oxygen atoms in total. The number of carbonyl (C=O) groups is 3. The second kappa shape index (κ2) is 12.5. The smallest absolute Gasteiger partial charge is 0.432 e. The highest BCUT2D eigenvalue weighted by atomic mass is 35.5. The number of tetrazole rings is 1. The van der Waals surface area contributed by atoms with Gasteiger partial charge in [-0.3, -0.25) is 14.6 Å². The van der Waals surface area contributed by atoms with Gasteiger partial charge in [0.2, 0.25) is 5.91 Å². The molecule has 0 aliphatic carbocycles. The molecule has 2 amide bonds. The number of halogens is 2. The quantitative estimate of drug-likeness (QED) is 0.229. The number of amides is 2. The van der Waals surface area contributed by atoms with E-state index in [0.717, 1.165) is 21.4 Å². The van der Waals surface area contributed by atoms with Gasteiger partial charge >= 0.3 is 6.09 Å². The third-order valence-corrected chi connectivity index (χ3v) is 8.35. The van der Waals surface area contributed by atoms with Crippen molar-refractivity contribution in [1.82, 2.24) is 39.9 Å². The number of hydrogen-bond acceptors (Lipinski definition) is 8. The lowest BCUT2D eigenvalue weighted by Crippen LogP contribution is -2.45. The number of carbonyl (C=O) groups excluding carboxylic acids is 2. The van der Waals surface area contributed by atoms with Crippen molar-refractivity contribution in [3.05, 3.63) is 119 Å². The van der Waals surface area contributed by atoms with Crippen LogP contribution in [0.5, 0.6) is 0 Å². The first-order valence-electron chi connectivity index (χ1n) is 14.5. The predicted octanol–water partition coefficient (Wildman–Crippen LogP) is 5.17. The summed E-state index contributed by atoms with van der Waals surface area (Å²) in [5.41, 5.74) is 4.11. The Bertz CT molecular complexity index is 2240. The molecule has 15 heteroatoms. The molecular weight excluding hydrogens is 641 g/mol. The Morgan fingerprint density at radius 3 is 2.67 bits per heavy atom. The zero-order valence-corrected chi connectivity index (χ0v) is 25.5. The molecule has 4 heterocycles. The van der Waals surface area contributed by atoms with E-state index in [2.05, 4.69) is 30.9 Å². The van der Waals surface area contributed by atoms with Gasteiger partial charge in [0.15, 0.2) is 5.82 Å². The molecular formula is C33H23ClFN9O4. The lowest BCUT2D eigenvalue weighted by Gasteiger charge is -2.36. The minimum Gasteiger partial charge on any atom is -0.463 e. The molecule has 7 rings (SSSR count). The molecule has 3 aromatic carbocycles. The van der Waals surface area contributed by atoms with Crippen LogP contribution in [0.25, 0.3) is 33.8 Å². The third-order valence-electron chi connectivity index (χ3n) is 8.06.